The molecule has 0 bridgehead atoms. The Bertz CT molecular complexity index is 981. The van der Waals surface area contributed by atoms with Gasteiger partial charge in [-0.15, -0.1) is 0 Å². The van der Waals surface area contributed by atoms with Crippen LogP contribution in [0.3, 0.4) is 0 Å². The molecule has 1 unspecified atom stereocenters. The van der Waals surface area contributed by atoms with Crippen LogP contribution in [0.1, 0.15) is 57.0 Å². The number of nitrogens with one attached hydrogen (secondary N) is 1. The molecule has 27 heavy (non-hydrogen) atoms. The second-order valence-electron chi connectivity index (χ2n) is 7.25. The van der Waals surface area contributed by atoms with Crippen LogP contribution < -0.4 is 5.32 Å². The first-order valence-corrected chi connectivity index (χ1v) is 9.59. The molecule has 0 amide bonds. The number of rotatable bonds is 5. The third kappa shape index (κ3) is 3.38. The lowest BCUT2D eigenvalue weighted by Gasteiger charge is -2.31. The van der Waals surface area contributed by atoms with E-state index in [0.29, 0.717) is 18.3 Å². The van der Waals surface area contributed by atoms with E-state index in [2.05, 4.69) is 30.9 Å². The summed E-state index contributed by atoms with van der Waals surface area (Å²) in [5, 5.41) is 22.5. The van der Waals surface area contributed by atoms with Crippen LogP contribution >= 0.6 is 0 Å². The minimum Gasteiger partial charge on any atom is -0.385 e. The Balaban J connectivity index is 1.69. The molecule has 0 saturated heterocycles. The molecule has 0 aliphatic heterocycles. The van der Waals surface area contributed by atoms with E-state index in [0.717, 1.165) is 54.3 Å². The molecule has 0 aromatic carbocycles. The number of aliphatic hydroxyl groups excluding tert-OH is 1. The average Bonchev–Trinajstić information content (AvgIpc) is 3.09. The van der Waals surface area contributed by atoms with Crippen LogP contribution in [0.15, 0.2) is 24.5 Å². The highest BCUT2D eigenvalue weighted by atomic mass is 16.3. The Kier molecular flexibility index (Phi) is 5.01. The van der Waals surface area contributed by atoms with E-state index in [1.54, 1.807) is 19.3 Å². The van der Waals surface area contributed by atoms with Gasteiger partial charge in [0.05, 0.1) is 23.3 Å². The van der Waals surface area contributed by atoms with Gasteiger partial charge in [-0.3, -0.25) is 9.97 Å². The van der Waals surface area contributed by atoms with Crippen LogP contribution in [0.4, 0.5) is 0 Å². The van der Waals surface area contributed by atoms with E-state index in [-0.39, 0.29) is 6.04 Å². The first-order chi connectivity index (χ1) is 13.2. The molecular formula is C20H24N6O. The molecule has 1 atom stereocenters. The monoisotopic (exact) mass is 364 g/mol. The van der Waals surface area contributed by atoms with Gasteiger partial charge in [-0.2, -0.15) is 5.26 Å². The molecule has 1 aliphatic rings. The Morgan fingerprint density at radius 2 is 2.11 bits per heavy atom. The molecule has 4 rings (SSSR count). The van der Waals surface area contributed by atoms with Crippen molar-refractivity contribution in [1.29, 1.82) is 5.26 Å². The van der Waals surface area contributed by atoms with E-state index in [1.807, 2.05) is 12.1 Å². The minimum atomic E-state index is -0.650. The summed E-state index contributed by atoms with van der Waals surface area (Å²) in [6.45, 7) is 2.51. The summed E-state index contributed by atoms with van der Waals surface area (Å²) in [6, 6.07) is 6.75. The summed E-state index contributed by atoms with van der Waals surface area (Å²) in [7, 11) is 0. The summed E-state index contributed by atoms with van der Waals surface area (Å²) >= 11 is 0. The first-order valence-electron chi connectivity index (χ1n) is 9.59. The highest BCUT2D eigenvalue weighted by Crippen LogP contribution is 2.36. The molecule has 0 spiro atoms. The van der Waals surface area contributed by atoms with Crippen LogP contribution in [0.5, 0.6) is 0 Å². The minimum absolute atomic E-state index is 0.279. The third-order valence-electron chi connectivity index (χ3n) is 5.41. The van der Waals surface area contributed by atoms with Crippen molar-refractivity contribution in [3.63, 3.8) is 0 Å². The van der Waals surface area contributed by atoms with Gasteiger partial charge < -0.3 is 15.0 Å². The van der Waals surface area contributed by atoms with Gasteiger partial charge in [-0.1, -0.05) is 0 Å². The van der Waals surface area contributed by atoms with E-state index in [4.69, 9.17) is 5.26 Å². The molecule has 7 nitrogen and oxygen atoms in total. The number of pyridine rings is 2. The van der Waals surface area contributed by atoms with Crippen molar-refractivity contribution in [2.75, 3.05) is 6.54 Å². The van der Waals surface area contributed by atoms with Crippen LogP contribution in [-0.4, -0.2) is 37.2 Å². The molecule has 2 N–H and O–H groups in total. The normalized spacial score (nSPS) is 21.4. The van der Waals surface area contributed by atoms with E-state index in [1.165, 1.54) is 0 Å². The lowest BCUT2D eigenvalue weighted by molar-refractivity contribution is 0.176. The topological polar surface area (TPSA) is 99.7 Å². The number of nitrogens with zero attached hydrogens (tertiary/aromatic N) is 5. The maximum atomic E-state index is 10.3. The largest absolute Gasteiger partial charge is 0.385 e. The smallest absolute Gasteiger partial charge is 0.138 e. The van der Waals surface area contributed by atoms with E-state index >= 15 is 0 Å². The zero-order valence-corrected chi connectivity index (χ0v) is 15.5. The van der Waals surface area contributed by atoms with Gasteiger partial charge in [0.2, 0.25) is 0 Å². The molecule has 3 heterocycles. The number of hydrogen-bond donors (Lipinski definition) is 2. The lowest BCUT2D eigenvalue weighted by atomic mass is 9.90. The quantitative estimate of drug-likeness (QED) is 0.675. The molecule has 140 valence electrons. The fourth-order valence-corrected chi connectivity index (χ4v) is 4.14. The van der Waals surface area contributed by atoms with E-state index in [9.17, 15) is 5.11 Å². The van der Waals surface area contributed by atoms with Gasteiger partial charge in [0, 0.05) is 31.2 Å². The van der Waals surface area contributed by atoms with Crippen molar-refractivity contribution in [3.05, 3.63) is 30.4 Å². The number of aliphatic hydroxyl groups is 1. The van der Waals surface area contributed by atoms with Gasteiger partial charge in [0.25, 0.3) is 0 Å². The van der Waals surface area contributed by atoms with Gasteiger partial charge in [-0.25, -0.2) is 4.98 Å². The molecule has 1 saturated carbocycles. The Morgan fingerprint density at radius 3 is 2.85 bits per heavy atom. The highest BCUT2D eigenvalue weighted by Gasteiger charge is 2.28. The summed E-state index contributed by atoms with van der Waals surface area (Å²) < 4.78 is 2.20. The maximum absolute atomic E-state index is 10.3. The second-order valence-corrected chi connectivity index (χ2v) is 7.25. The number of aromatic nitrogens is 4. The Labute approximate surface area is 158 Å². The molecule has 0 radical (unpaired) electrons. The highest BCUT2D eigenvalue weighted by molar-refractivity contribution is 5.99. The van der Waals surface area contributed by atoms with Crippen molar-refractivity contribution in [2.45, 2.75) is 57.2 Å². The third-order valence-corrected chi connectivity index (χ3v) is 5.41. The van der Waals surface area contributed by atoms with Crippen molar-refractivity contribution >= 4 is 22.1 Å². The molecule has 7 heteroatoms. The predicted molar refractivity (Wildman–Crippen MR) is 103 cm³/mol. The van der Waals surface area contributed by atoms with Crippen molar-refractivity contribution < 1.29 is 5.11 Å². The Morgan fingerprint density at radius 1 is 1.30 bits per heavy atom. The van der Waals surface area contributed by atoms with E-state index < -0.39 is 6.10 Å². The van der Waals surface area contributed by atoms with Gasteiger partial charge in [0.15, 0.2) is 0 Å². The van der Waals surface area contributed by atoms with Crippen molar-refractivity contribution in [2.24, 2.45) is 0 Å². The zero-order valence-electron chi connectivity index (χ0n) is 15.5. The summed E-state index contributed by atoms with van der Waals surface area (Å²) in [5.74, 6) is 0.686. The number of fused-ring (bicyclic) bond motifs is 3. The summed E-state index contributed by atoms with van der Waals surface area (Å²) in [4.78, 5) is 13.7. The predicted octanol–water partition coefficient (Wildman–Crippen LogP) is 3.02. The molecule has 3 aromatic heterocycles. The lowest BCUT2D eigenvalue weighted by Crippen LogP contribution is -2.34. The molecule has 3 aromatic rings. The fourth-order valence-electron chi connectivity index (χ4n) is 4.14. The van der Waals surface area contributed by atoms with Gasteiger partial charge in [0.1, 0.15) is 23.0 Å². The van der Waals surface area contributed by atoms with Crippen molar-refractivity contribution in [1.82, 2.24) is 24.8 Å². The number of nitriles is 1. The number of imidazole rings is 1. The maximum Gasteiger partial charge on any atom is 0.138 e. The fraction of sp³-hybridized carbons (Fsp3) is 0.500. The van der Waals surface area contributed by atoms with Crippen LogP contribution in [0.25, 0.3) is 22.1 Å². The van der Waals surface area contributed by atoms with Gasteiger partial charge in [-0.05, 0) is 44.7 Å². The second kappa shape index (κ2) is 7.59. The summed E-state index contributed by atoms with van der Waals surface area (Å²) in [6.07, 6.45) is 7.55. The first kappa shape index (κ1) is 17.8. The summed E-state index contributed by atoms with van der Waals surface area (Å²) in [5.41, 5.74) is 3.43. The van der Waals surface area contributed by atoms with Crippen LogP contribution in [-0.2, 0) is 0 Å². The molecular weight excluding hydrogens is 340 g/mol. The average molecular weight is 364 g/mol. The molecule has 1 fully saturated rings. The van der Waals surface area contributed by atoms with Crippen LogP contribution in [0, 0.1) is 11.3 Å². The zero-order chi connectivity index (χ0) is 18.8. The van der Waals surface area contributed by atoms with Gasteiger partial charge >= 0.3 is 0 Å². The number of hydrogen-bond acceptors (Lipinski definition) is 6. The standard InChI is InChI=1S/C20H24N6O/c1-13(27)20-25-17-12-24-16-4-2-10-23-18(16)19(17)26(20)15-7-5-14(6-8-15)22-11-3-9-21/h2,4,10,12-15,22,27H,3,5-8,11H2,1H3. The Hall–Kier alpha value is -2.56. The molecule has 1 aliphatic carbocycles. The van der Waals surface area contributed by atoms with Crippen molar-refractivity contribution in [3.8, 4) is 6.07 Å². The van der Waals surface area contributed by atoms with Crippen LogP contribution in [0.2, 0.25) is 0 Å². The SMILES string of the molecule is CC(O)c1nc2cnc3cccnc3c2n1C1CCC(NCCC#N)CC1.